The summed E-state index contributed by atoms with van der Waals surface area (Å²) in [6.45, 7) is 5.33. The van der Waals surface area contributed by atoms with E-state index in [0.29, 0.717) is 25.4 Å². The SMILES string of the molecule is CC(C)CN(CCC(N)=NO)C(=O)c1cc2c(s1)CCC2. The van der Waals surface area contributed by atoms with Crippen LogP contribution in [0.15, 0.2) is 11.2 Å². The Morgan fingerprint density at radius 3 is 2.90 bits per heavy atom. The maximum Gasteiger partial charge on any atom is 0.263 e. The minimum atomic E-state index is 0.0637. The van der Waals surface area contributed by atoms with Crippen molar-refractivity contribution in [3.63, 3.8) is 0 Å². The molecular weight excluding hydrogens is 286 g/mol. The van der Waals surface area contributed by atoms with Crippen LogP contribution in [-0.2, 0) is 12.8 Å². The van der Waals surface area contributed by atoms with Crippen molar-refractivity contribution >= 4 is 23.1 Å². The molecule has 0 aromatic carbocycles. The van der Waals surface area contributed by atoms with E-state index in [1.807, 2.05) is 11.0 Å². The number of fused-ring (bicyclic) bond motifs is 1. The smallest absolute Gasteiger partial charge is 0.263 e. The average molecular weight is 309 g/mol. The number of oxime groups is 1. The van der Waals surface area contributed by atoms with E-state index in [-0.39, 0.29) is 11.7 Å². The quantitative estimate of drug-likeness (QED) is 0.367. The van der Waals surface area contributed by atoms with Crippen LogP contribution in [0, 0.1) is 5.92 Å². The monoisotopic (exact) mass is 309 g/mol. The fourth-order valence-electron chi connectivity index (χ4n) is 2.61. The Labute approximate surface area is 129 Å². The zero-order valence-corrected chi connectivity index (χ0v) is 13.4. The number of carbonyl (C=O) groups excluding carboxylic acids is 1. The van der Waals surface area contributed by atoms with Crippen molar-refractivity contribution in [2.24, 2.45) is 16.8 Å². The van der Waals surface area contributed by atoms with E-state index in [2.05, 4.69) is 19.0 Å². The van der Waals surface area contributed by atoms with Gasteiger partial charge in [-0.1, -0.05) is 19.0 Å². The molecule has 1 aliphatic carbocycles. The van der Waals surface area contributed by atoms with Gasteiger partial charge in [-0.25, -0.2) is 0 Å². The van der Waals surface area contributed by atoms with Crippen LogP contribution in [0.3, 0.4) is 0 Å². The van der Waals surface area contributed by atoms with Gasteiger partial charge in [-0.3, -0.25) is 4.79 Å². The Balaban J connectivity index is 2.08. The van der Waals surface area contributed by atoms with Gasteiger partial charge in [0.15, 0.2) is 0 Å². The highest BCUT2D eigenvalue weighted by Crippen LogP contribution is 2.31. The van der Waals surface area contributed by atoms with Crippen LogP contribution in [0.1, 0.15) is 46.8 Å². The van der Waals surface area contributed by atoms with E-state index in [1.165, 1.54) is 16.9 Å². The summed E-state index contributed by atoms with van der Waals surface area (Å²) in [5.74, 6) is 0.604. The predicted octanol–water partition coefficient (Wildman–Crippen LogP) is 2.47. The Morgan fingerprint density at radius 2 is 2.29 bits per heavy atom. The van der Waals surface area contributed by atoms with Crippen LogP contribution in [0.5, 0.6) is 0 Å². The van der Waals surface area contributed by atoms with Crippen LogP contribution in [0.25, 0.3) is 0 Å². The van der Waals surface area contributed by atoms with Crippen LogP contribution < -0.4 is 5.73 Å². The second kappa shape index (κ2) is 6.93. The minimum absolute atomic E-state index is 0.0637. The molecule has 1 aromatic heterocycles. The largest absolute Gasteiger partial charge is 0.409 e. The molecule has 116 valence electrons. The van der Waals surface area contributed by atoms with Gasteiger partial charge in [0.1, 0.15) is 5.84 Å². The lowest BCUT2D eigenvalue weighted by Crippen LogP contribution is -2.36. The molecule has 0 fully saturated rings. The number of rotatable bonds is 6. The second-order valence-electron chi connectivity index (χ2n) is 5.90. The fourth-order valence-corrected chi connectivity index (χ4v) is 3.83. The summed E-state index contributed by atoms with van der Waals surface area (Å²) in [6, 6.07) is 2.05. The van der Waals surface area contributed by atoms with Crippen molar-refractivity contribution in [2.45, 2.75) is 39.5 Å². The first kappa shape index (κ1) is 15.8. The predicted molar refractivity (Wildman–Crippen MR) is 85.1 cm³/mol. The molecule has 1 aromatic rings. The average Bonchev–Trinajstić information content (AvgIpc) is 3.02. The van der Waals surface area contributed by atoms with Crippen LogP contribution >= 0.6 is 11.3 Å². The Morgan fingerprint density at radius 1 is 1.52 bits per heavy atom. The van der Waals surface area contributed by atoms with Gasteiger partial charge in [0, 0.05) is 24.4 Å². The van der Waals surface area contributed by atoms with Gasteiger partial charge in [0.2, 0.25) is 0 Å². The van der Waals surface area contributed by atoms with Crippen LogP contribution in [0.2, 0.25) is 0 Å². The van der Waals surface area contributed by atoms with E-state index >= 15 is 0 Å². The van der Waals surface area contributed by atoms with E-state index < -0.39 is 0 Å². The number of carbonyl (C=O) groups is 1. The molecule has 6 heteroatoms. The molecular formula is C15H23N3O2S. The van der Waals surface area contributed by atoms with Crippen LogP contribution in [-0.4, -0.2) is 34.9 Å². The van der Waals surface area contributed by atoms with Gasteiger partial charge in [-0.15, -0.1) is 11.3 Å². The normalized spacial score (nSPS) is 14.5. The number of nitrogens with zero attached hydrogens (tertiary/aromatic N) is 2. The summed E-state index contributed by atoms with van der Waals surface area (Å²) in [7, 11) is 0. The zero-order valence-electron chi connectivity index (χ0n) is 12.6. The highest BCUT2D eigenvalue weighted by molar-refractivity contribution is 7.14. The number of amidine groups is 1. The molecule has 2 rings (SSSR count). The molecule has 0 aliphatic heterocycles. The Kier molecular flexibility index (Phi) is 5.22. The highest BCUT2D eigenvalue weighted by Gasteiger charge is 2.23. The third-order valence-electron chi connectivity index (χ3n) is 3.60. The molecule has 0 unspecified atom stereocenters. The first-order valence-corrected chi connectivity index (χ1v) is 8.20. The third kappa shape index (κ3) is 3.97. The number of aryl methyl sites for hydroxylation is 2. The molecule has 0 saturated heterocycles. The fraction of sp³-hybridized carbons (Fsp3) is 0.600. The first-order valence-electron chi connectivity index (χ1n) is 7.38. The summed E-state index contributed by atoms with van der Waals surface area (Å²) in [4.78, 5) is 16.7. The van der Waals surface area contributed by atoms with Gasteiger partial charge >= 0.3 is 0 Å². The molecule has 21 heavy (non-hydrogen) atoms. The number of amides is 1. The second-order valence-corrected chi connectivity index (χ2v) is 7.04. The lowest BCUT2D eigenvalue weighted by atomic mass is 10.2. The van der Waals surface area contributed by atoms with Gasteiger partial charge in [-0.2, -0.15) is 0 Å². The van der Waals surface area contributed by atoms with Crippen molar-refractivity contribution in [2.75, 3.05) is 13.1 Å². The molecule has 3 N–H and O–H groups in total. The topological polar surface area (TPSA) is 78.9 Å². The van der Waals surface area contributed by atoms with Gasteiger partial charge < -0.3 is 15.8 Å². The molecule has 0 spiro atoms. The standard InChI is InChI=1S/C15H23N3O2S/c1-10(2)9-18(7-6-14(16)17-20)15(19)13-8-11-4-3-5-12(11)21-13/h8,10,20H,3-7,9H2,1-2H3,(H2,16,17). The number of hydrogen-bond acceptors (Lipinski definition) is 4. The lowest BCUT2D eigenvalue weighted by molar-refractivity contribution is 0.0745. The van der Waals surface area contributed by atoms with Crippen molar-refractivity contribution in [1.82, 2.24) is 4.90 Å². The summed E-state index contributed by atoms with van der Waals surface area (Å²) >= 11 is 1.62. The third-order valence-corrected chi connectivity index (χ3v) is 4.82. The molecule has 1 aliphatic rings. The molecule has 0 radical (unpaired) electrons. The van der Waals surface area contributed by atoms with Gasteiger partial charge in [0.05, 0.1) is 4.88 Å². The Hall–Kier alpha value is -1.56. The van der Waals surface area contributed by atoms with Gasteiger partial charge in [0.25, 0.3) is 5.91 Å². The summed E-state index contributed by atoms with van der Waals surface area (Å²) < 4.78 is 0. The number of thiophene rings is 1. The molecule has 1 amide bonds. The van der Waals surface area contributed by atoms with E-state index in [9.17, 15) is 4.79 Å². The number of hydrogen-bond donors (Lipinski definition) is 2. The van der Waals surface area contributed by atoms with E-state index in [0.717, 1.165) is 17.7 Å². The van der Waals surface area contributed by atoms with E-state index in [4.69, 9.17) is 10.9 Å². The minimum Gasteiger partial charge on any atom is -0.409 e. The van der Waals surface area contributed by atoms with Crippen molar-refractivity contribution < 1.29 is 10.0 Å². The molecule has 5 nitrogen and oxygen atoms in total. The summed E-state index contributed by atoms with van der Waals surface area (Å²) in [5.41, 5.74) is 6.85. The lowest BCUT2D eigenvalue weighted by Gasteiger charge is -2.23. The van der Waals surface area contributed by atoms with Crippen LogP contribution in [0.4, 0.5) is 0 Å². The van der Waals surface area contributed by atoms with Gasteiger partial charge in [-0.05, 0) is 36.8 Å². The van der Waals surface area contributed by atoms with Crippen molar-refractivity contribution in [3.05, 3.63) is 21.4 Å². The molecule has 1 heterocycles. The summed E-state index contributed by atoms with van der Waals surface area (Å²) in [6.07, 6.45) is 3.78. The Bertz CT molecular complexity index is 516. The molecule has 0 atom stereocenters. The summed E-state index contributed by atoms with van der Waals surface area (Å²) in [5, 5.41) is 11.6. The van der Waals surface area contributed by atoms with Crippen molar-refractivity contribution in [3.8, 4) is 0 Å². The van der Waals surface area contributed by atoms with E-state index in [1.54, 1.807) is 11.3 Å². The highest BCUT2D eigenvalue weighted by atomic mass is 32.1. The molecule has 0 saturated carbocycles. The maximum atomic E-state index is 12.7. The molecule has 0 bridgehead atoms. The first-order chi connectivity index (χ1) is 10.0. The maximum absolute atomic E-state index is 12.7. The van der Waals surface area contributed by atoms with Crippen molar-refractivity contribution in [1.29, 1.82) is 0 Å². The zero-order chi connectivity index (χ0) is 15.4. The number of nitrogens with two attached hydrogens (primary N) is 1.